The predicted molar refractivity (Wildman–Crippen MR) is 99.1 cm³/mol. The van der Waals surface area contributed by atoms with Crippen LogP contribution in [0.3, 0.4) is 0 Å². The quantitative estimate of drug-likeness (QED) is 0.276. The number of hydrogen-bond donors (Lipinski definition) is 3. The summed E-state index contributed by atoms with van der Waals surface area (Å²) in [4.78, 5) is 12.4. The molecule has 27 heavy (non-hydrogen) atoms. The third-order valence-electron chi connectivity index (χ3n) is 4.71. The Morgan fingerprint density at radius 3 is 2.67 bits per heavy atom. The van der Waals surface area contributed by atoms with Gasteiger partial charge in [0, 0.05) is 19.0 Å². The highest BCUT2D eigenvalue weighted by Gasteiger charge is 2.43. The summed E-state index contributed by atoms with van der Waals surface area (Å²) < 4.78 is 11.0. The van der Waals surface area contributed by atoms with Crippen LogP contribution in [0.25, 0.3) is 0 Å². The summed E-state index contributed by atoms with van der Waals surface area (Å²) in [5, 5.41) is 32.3. The molecule has 0 radical (unpaired) electrons. The molecule has 1 aliphatic rings. The van der Waals surface area contributed by atoms with Gasteiger partial charge in [0.2, 0.25) is 0 Å². The van der Waals surface area contributed by atoms with Crippen LogP contribution < -0.4 is 0 Å². The topological polar surface area (TPSA) is 112 Å². The Labute approximate surface area is 159 Å². The van der Waals surface area contributed by atoms with Crippen molar-refractivity contribution in [1.29, 1.82) is 0 Å². The molecule has 2 atom stereocenters. The van der Waals surface area contributed by atoms with Crippen molar-refractivity contribution in [1.82, 2.24) is 4.90 Å². The average Bonchev–Trinajstić information content (AvgIpc) is 2.63. The van der Waals surface area contributed by atoms with Crippen molar-refractivity contribution < 1.29 is 29.7 Å². The van der Waals surface area contributed by atoms with E-state index in [4.69, 9.17) is 19.8 Å². The molecule has 8 nitrogen and oxygen atoms in total. The molecule has 2 rings (SSSR count). The van der Waals surface area contributed by atoms with Gasteiger partial charge in [-0.1, -0.05) is 24.3 Å². The van der Waals surface area contributed by atoms with E-state index in [1.807, 2.05) is 26.0 Å². The summed E-state index contributed by atoms with van der Waals surface area (Å²) >= 11 is 0. The third kappa shape index (κ3) is 5.66. The van der Waals surface area contributed by atoms with E-state index in [2.05, 4.69) is 5.16 Å². The number of nitrogens with zero attached hydrogens (tertiary/aromatic N) is 2. The molecule has 0 bridgehead atoms. The maximum atomic E-state index is 11.2. The Balaban J connectivity index is 2.00. The van der Waals surface area contributed by atoms with Gasteiger partial charge in [-0.15, -0.1) is 5.16 Å². The van der Waals surface area contributed by atoms with E-state index in [9.17, 15) is 9.90 Å². The van der Waals surface area contributed by atoms with Gasteiger partial charge in [0.25, 0.3) is 0 Å². The van der Waals surface area contributed by atoms with Crippen LogP contribution in [0.2, 0.25) is 0 Å². The number of aliphatic hydroxyl groups is 1. The van der Waals surface area contributed by atoms with E-state index in [1.165, 1.54) is 11.1 Å². The van der Waals surface area contributed by atoms with Crippen LogP contribution in [0.4, 0.5) is 4.79 Å². The number of likely N-dealkylation sites (tertiary alicyclic amines) is 1. The second kappa shape index (κ2) is 9.68. The number of ether oxygens (including phenoxy) is 2. The lowest BCUT2D eigenvalue weighted by Gasteiger charge is -2.42. The Hall–Kier alpha value is -2.16. The smallest absolute Gasteiger partial charge is 0.407 e. The second-order valence-corrected chi connectivity index (χ2v) is 6.94. The van der Waals surface area contributed by atoms with Gasteiger partial charge in [-0.25, -0.2) is 4.79 Å². The summed E-state index contributed by atoms with van der Waals surface area (Å²) in [5.41, 5.74) is 0.328. The molecule has 1 saturated heterocycles. The molecule has 1 amide bonds. The lowest BCUT2D eigenvalue weighted by molar-refractivity contribution is -0.0463. The van der Waals surface area contributed by atoms with Crippen LogP contribution >= 0.6 is 0 Å². The van der Waals surface area contributed by atoms with Gasteiger partial charge in [0.15, 0.2) is 0 Å². The Bertz CT molecular complexity index is 634. The molecule has 3 N–H and O–H groups in total. The molecule has 1 aliphatic heterocycles. The molecule has 150 valence electrons. The SMILES string of the molecule is CC(C)OCCOCc1ccc(C2(O)CCN(C(=O)O)CC2/C=N\O)cc1. The van der Waals surface area contributed by atoms with Gasteiger partial charge in [-0.3, -0.25) is 0 Å². The molecule has 1 fully saturated rings. The highest BCUT2D eigenvalue weighted by atomic mass is 16.5. The molecule has 0 aliphatic carbocycles. The summed E-state index contributed by atoms with van der Waals surface area (Å²) in [5.74, 6) is -0.636. The van der Waals surface area contributed by atoms with E-state index in [-0.39, 0.29) is 25.6 Å². The van der Waals surface area contributed by atoms with Crippen molar-refractivity contribution in [3.05, 3.63) is 35.4 Å². The third-order valence-corrected chi connectivity index (χ3v) is 4.71. The van der Waals surface area contributed by atoms with Crippen LogP contribution in [0.15, 0.2) is 29.4 Å². The van der Waals surface area contributed by atoms with Gasteiger partial charge in [0.1, 0.15) is 5.60 Å². The van der Waals surface area contributed by atoms with Crippen molar-refractivity contribution in [3.63, 3.8) is 0 Å². The zero-order valence-electron chi connectivity index (χ0n) is 15.7. The molecule has 1 heterocycles. The highest BCUT2D eigenvalue weighted by Crippen LogP contribution is 2.37. The molecule has 1 aromatic carbocycles. The lowest BCUT2D eigenvalue weighted by atomic mass is 9.76. The predicted octanol–water partition coefficient (Wildman–Crippen LogP) is 2.28. The van der Waals surface area contributed by atoms with E-state index in [0.717, 1.165) is 5.56 Å². The summed E-state index contributed by atoms with van der Waals surface area (Å²) in [6.45, 7) is 5.70. The number of oxime groups is 1. The largest absolute Gasteiger partial charge is 0.465 e. The van der Waals surface area contributed by atoms with Gasteiger partial charge >= 0.3 is 6.09 Å². The van der Waals surface area contributed by atoms with Crippen molar-refractivity contribution in [2.75, 3.05) is 26.3 Å². The maximum absolute atomic E-state index is 11.2. The minimum atomic E-state index is -1.29. The van der Waals surface area contributed by atoms with Crippen LogP contribution in [0.5, 0.6) is 0 Å². The number of hydrogen-bond acceptors (Lipinski definition) is 6. The molecule has 0 spiro atoms. The van der Waals surface area contributed by atoms with Crippen LogP contribution in [0, 0.1) is 5.92 Å². The first kappa shape index (κ1) is 21.1. The van der Waals surface area contributed by atoms with Crippen LogP contribution in [0.1, 0.15) is 31.4 Å². The van der Waals surface area contributed by atoms with Gasteiger partial charge < -0.3 is 29.8 Å². The normalized spacial score (nSPS) is 23.3. The lowest BCUT2D eigenvalue weighted by Crippen LogP contribution is -2.52. The van der Waals surface area contributed by atoms with Crippen molar-refractivity contribution in [3.8, 4) is 0 Å². The van der Waals surface area contributed by atoms with Crippen molar-refractivity contribution in [2.45, 2.75) is 38.6 Å². The Morgan fingerprint density at radius 1 is 1.37 bits per heavy atom. The first-order valence-corrected chi connectivity index (χ1v) is 9.03. The number of piperidine rings is 1. The van der Waals surface area contributed by atoms with Crippen molar-refractivity contribution >= 4 is 12.3 Å². The monoisotopic (exact) mass is 380 g/mol. The average molecular weight is 380 g/mol. The molecule has 2 unspecified atom stereocenters. The number of amides is 1. The summed E-state index contributed by atoms with van der Waals surface area (Å²) in [6, 6.07) is 7.34. The van der Waals surface area contributed by atoms with E-state index in [0.29, 0.717) is 25.4 Å². The minimum Gasteiger partial charge on any atom is -0.465 e. The summed E-state index contributed by atoms with van der Waals surface area (Å²) in [7, 11) is 0. The Kier molecular flexibility index (Phi) is 7.58. The van der Waals surface area contributed by atoms with Gasteiger partial charge in [-0.2, -0.15) is 0 Å². The van der Waals surface area contributed by atoms with E-state index < -0.39 is 17.6 Å². The van der Waals surface area contributed by atoms with Gasteiger partial charge in [0.05, 0.1) is 32.1 Å². The van der Waals surface area contributed by atoms with Crippen LogP contribution in [-0.2, 0) is 21.7 Å². The second-order valence-electron chi connectivity index (χ2n) is 6.94. The van der Waals surface area contributed by atoms with E-state index in [1.54, 1.807) is 12.1 Å². The van der Waals surface area contributed by atoms with Crippen molar-refractivity contribution in [2.24, 2.45) is 11.1 Å². The fourth-order valence-electron chi connectivity index (χ4n) is 3.18. The minimum absolute atomic E-state index is 0.0661. The zero-order chi connectivity index (χ0) is 19.9. The van der Waals surface area contributed by atoms with Gasteiger partial charge in [-0.05, 0) is 31.4 Å². The van der Waals surface area contributed by atoms with E-state index >= 15 is 0 Å². The number of benzene rings is 1. The molecule has 0 aromatic heterocycles. The number of carboxylic acid groups (broad SMARTS) is 1. The maximum Gasteiger partial charge on any atom is 0.407 e. The molecule has 8 heteroatoms. The first-order valence-electron chi connectivity index (χ1n) is 9.03. The molecular weight excluding hydrogens is 352 g/mol. The molecule has 0 saturated carbocycles. The zero-order valence-corrected chi connectivity index (χ0v) is 15.7. The Morgan fingerprint density at radius 2 is 2.07 bits per heavy atom. The first-order chi connectivity index (χ1) is 12.9. The fourth-order valence-corrected chi connectivity index (χ4v) is 3.18. The number of rotatable bonds is 8. The molecule has 1 aromatic rings. The van der Waals surface area contributed by atoms with Crippen LogP contribution in [-0.4, -0.2) is 65.0 Å². The standard InChI is InChI=1S/C19H28N2O6/c1-14(2)27-10-9-26-13-15-3-5-16(6-4-15)19(24)7-8-21(18(22)23)12-17(19)11-20-25/h3-6,11,14,17,24-25H,7-10,12-13H2,1-2H3,(H,22,23)/b20-11-. The summed E-state index contributed by atoms with van der Waals surface area (Å²) in [6.07, 6.45) is 0.540. The fraction of sp³-hybridized carbons (Fsp3) is 0.579. The highest BCUT2D eigenvalue weighted by molar-refractivity contribution is 5.69. The molecular formula is C19H28N2O6. The number of carbonyl (C=O) groups is 1.